The third-order valence-corrected chi connectivity index (χ3v) is 8.25. The summed E-state index contributed by atoms with van der Waals surface area (Å²) in [5.74, 6) is -30.9. The van der Waals surface area contributed by atoms with Crippen molar-refractivity contribution < 1.29 is 200 Å². The fourth-order valence-electron chi connectivity index (χ4n) is 3.39. The molecule has 0 heterocycles. The zero-order valence-electron chi connectivity index (χ0n) is 47.3. The molecule has 3 N–H and O–H groups in total. The minimum absolute atomic E-state index is 0. The van der Waals surface area contributed by atoms with Crippen molar-refractivity contribution >= 4 is 52.7 Å². The van der Waals surface area contributed by atoms with Gasteiger partial charge in [0.2, 0.25) is 5.60 Å². The van der Waals surface area contributed by atoms with Crippen LogP contribution < -0.4 is 56.5 Å². The van der Waals surface area contributed by atoms with Gasteiger partial charge in [-0.1, -0.05) is 33.9 Å². The van der Waals surface area contributed by atoms with Crippen molar-refractivity contribution in [2.24, 2.45) is 0 Å². The first kappa shape index (κ1) is 91.4. The molecule has 0 spiro atoms. The molecule has 34 heteroatoms. The molecule has 17 nitrogen and oxygen atoms in total. The maximum Gasteiger partial charge on any atom is 1.00 e. The van der Waals surface area contributed by atoms with E-state index in [1.165, 1.54) is 41.5 Å². The zero-order chi connectivity index (χ0) is 65.7. The molecule has 0 aromatic rings. The molecular weight excluding hydrogens is 1200 g/mol. The summed E-state index contributed by atoms with van der Waals surface area (Å²) in [6.45, 7) is 17.1. The van der Waals surface area contributed by atoms with Gasteiger partial charge in [-0.15, -0.1) is 5.60 Å². The summed E-state index contributed by atoms with van der Waals surface area (Å²) < 4.78 is 212. The Morgan fingerprint density at radius 1 is 0.519 bits per heavy atom. The first-order valence-electron chi connectivity index (χ1n) is 22.6. The van der Waals surface area contributed by atoms with Crippen molar-refractivity contribution in [1.29, 1.82) is 0 Å². The summed E-state index contributed by atoms with van der Waals surface area (Å²) in [7, 11) is 0.766. The molecular formula is C47H71ClF15KO17. The van der Waals surface area contributed by atoms with Gasteiger partial charge in [0.1, 0.15) is 0 Å². The van der Waals surface area contributed by atoms with Gasteiger partial charge in [0.05, 0.1) is 20.3 Å². The van der Waals surface area contributed by atoms with E-state index in [4.69, 9.17) is 31.7 Å². The molecule has 81 heavy (non-hydrogen) atoms. The third kappa shape index (κ3) is 45.8. The summed E-state index contributed by atoms with van der Waals surface area (Å²) in [6, 6.07) is 0. The van der Waals surface area contributed by atoms with E-state index in [1.807, 2.05) is 0 Å². The quantitative estimate of drug-likeness (QED) is 0.0192. The minimum Gasteiger partial charge on any atom is -0.850 e. The Labute approximate surface area is 506 Å². The molecule has 0 aliphatic carbocycles. The van der Waals surface area contributed by atoms with Crippen LogP contribution in [-0.2, 0) is 62.0 Å². The zero-order valence-corrected chi connectivity index (χ0v) is 51.2. The fraction of sp³-hybridized carbons (Fsp3) is 0.766. The first-order valence-corrected chi connectivity index (χ1v) is 23.0. The number of hydrogen-bond donors (Lipinski definition) is 3. The molecule has 1 atom stereocenters. The van der Waals surface area contributed by atoms with Gasteiger partial charge in [0, 0.05) is 57.8 Å². The number of alkyl halides is 15. The second kappa shape index (κ2) is 38.6. The maximum absolute atomic E-state index is 13.1. The monoisotopic (exact) mass is 1270 g/mol. The molecule has 474 valence electrons. The largest absolute Gasteiger partial charge is 1.00 e. The van der Waals surface area contributed by atoms with Crippen LogP contribution in [0, 0.1) is 0 Å². The molecule has 0 bridgehead atoms. The van der Waals surface area contributed by atoms with Crippen LogP contribution in [0.4, 0.5) is 65.9 Å². The minimum atomic E-state index is -5.00. The summed E-state index contributed by atoms with van der Waals surface area (Å²) in [4.78, 5) is 76.3. The number of methoxy groups -OCH3 is 1. The van der Waals surface area contributed by atoms with Crippen LogP contribution >= 0.6 is 11.6 Å². The molecule has 0 aliphatic heterocycles. The fourth-order valence-corrected chi connectivity index (χ4v) is 3.45. The smallest absolute Gasteiger partial charge is 0.850 e. The molecule has 0 aromatic carbocycles. The standard InChI is InChI=1S/C16H22F4O6.C10H16F4O3.C6H7ClO3.C6H10F4O.C5H7F3O3.C4H9O.K/c1-10(2)12(22)25-9-11(21)26-14(3,4)13(23)24-8-6-7-16(19,20)15(5,17)18;1-8(2,16)7(15)17-6-4-5-10(13,14)9(3,11)12;1-4(2)6(9)10-3-5(7)8;1-5(7,8)6(9,10)3-2-4-11;1-4(10,3(9)11-2)5(6,7)8;1-4(2,3)5;/h1,6-9H2,2-5H3;16H,4-6H2,1-3H3;1,3H2,2H3;11H,2-4H2,1H3;10H,1-2H3;1-3H3;/q;;;;;-1;+1. The summed E-state index contributed by atoms with van der Waals surface area (Å²) in [6.07, 6.45) is -9.47. The Balaban J connectivity index is -0.000000173. The van der Waals surface area contributed by atoms with Gasteiger partial charge in [-0.2, -0.15) is 39.5 Å². The van der Waals surface area contributed by atoms with Crippen molar-refractivity contribution in [2.45, 2.75) is 193 Å². The average Bonchev–Trinajstić information content (AvgIpc) is 3.24. The number of esters is 6. The van der Waals surface area contributed by atoms with E-state index in [1.54, 1.807) is 20.8 Å². The van der Waals surface area contributed by atoms with Gasteiger partial charge in [-0.25, -0.2) is 55.1 Å². The van der Waals surface area contributed by atoms with Crippen molar-refractivity contribution in [3.8, 4) is 0 Å². The Morgan fingerprint density at radius 3 is 1.05 bits per heavy atom. The van der Waals surface area contributed by atoms with Crippen molar-refractivity contribution in [1.82, 2.24) is 0 Å². The number of carbonyl (C=O) groups is 7. The number of rotatable bonds is 24. The maximum atomic E-state index is 13.1. The van der Waals surface area contributed by atoms with E-state index in [0.29, 0.717) is 6.92 Å². The van der Waals surface area contributed by atoms with E-state index in [-0.39, 0.29) is 89.7 Å². The van der Waals surface area contributed by atoms with Gasteiger partial charge in [0.25, 0.3) is 10.8 Å². The molecule has 0 saturated heterocycles. The van der Waals surface area contributed by atoms with Gasteiger partial charge in [-0.3, -0.25) is 4.79 Å². The van der Waals surface area contributed by atoms with Crippen LogP contribution in [0.15, 0.2) is 24.3 Å². The number of halogens is 16. The molecule has 1 unspecified atom stereocenters. The summed E-state index contributed by atoms with van der Waals surface area (Å²) in [5.41, 5.74) is -7.37. The van der Waals surface area contributed by atoms with Crippen LogP contribution in [-0.4, -0.2) is 161 Å². The van der Waals surface area contributed by atoms with E-state index in [2.05, 4.69) is 36.8 Å². The van der Waals surface area contributed by atoms with Gasteiger partial charge in [-0.05, 0) is 79.3 Å². The Hall–Kier alpha value is -3.31. The van der Waals surface area contributed by atoms with Gasteiger partial charge >= 0.3 is 129 Å². The molecule has 0 saturated carbocycles. The topological polar surface area (TPSA) is 259 Å². The van der Waals surface area contributed by atoms with Crippen LogP contribution in [0.3, 0.4) is 0 Å². The second-order valence-corrected chi connectivity index (χ2v) is 19.3. The van der Waals surface area contributed by atoms with Crippen molar-refractivity contribution in [2.75, 3.05) is 40.1 Å². The first-order chi connectivity index (χ1) is 35.1. The summed E-state index contributed by atoms with van der Waals surface area (Å²) >= 11 is 4.88. The molecule has 0 aliphatic rings. The third-order valence-electron chi connectivity index (χ3n) is 8.14. The molecule has 0 radical (unpaired) electrons. The van der Waals surface area contributed by atoms with E-state index >= 15 is 0 Å². The normalized spacial score (nSPS) is 12.8. The van der Waals surface area contributed by atoms with Crippen LogP contribution in [0.25, 0.3) is 0 Å². The molecule has 0 fully saturated rings. The Kier molecular flexibility index (Phi) is 43.6. The van der Waals surface area contributed by atoms with Crippen molar-refractivity contribution in [3.05, 3.63) is 24.3 Å². The van der Waals surface area contributed by atoms with E-state index in [9.17, 15) is 105 Å². The Morgan fingerprint density at radius 2 is 0.815 bits per heavy atom. The van der Waals surface area contributed by atoms with Gasteiger partial charge in [0.15, 0.2) is 18.8 Å². The SMILES string of the molecule is C=C(C)C(=O)OCC(=O)Cl.C=C(C)C(=O)OCC(=O)OC(C)(C)C(=O)OCCCC(F)(F)C(C)(F)F.CC(C)(C)[O-].CC(C)(O)C(=O)OCCCC(F)(F)C(C)(F)F.CC(F)(F)C(F)(F)CCCO.COC(=O)C(C)(O)C(F)(F)F.[K+]. The van der Waals surface area contributed by atoms with Gasteiger partial charge < -0.3 is 48.8 Å². The Bertz CT molecular complexity index is 1950. The average molecular weight is 1270 g/mol. The predicted molar refractivity (Wildman–Crippen MR) is 251 cm³/mol. The predicted octanol–water partition coefficient (Wildman–Crippen LogP) is 5.96. The van der Waals surface area contributed by atoms with Crippen LogP contribution in [0.2, 0.25) is 0 Å². The molecule has 0 rings (SSSR count). The number of aliphatic hydroxyl groups is 3. The summed E-state index contributed by atoms with van der Waals surface area (Å²) in [5, 5.41) is 35.2. The molecule has 0 amide bonds. The van der Waals surface area contributed by atoms with E-state index < -0.39 is 170 Å². The molecule has 0 aromatic heterocycles. The number of ether oxygens (including phenoxy) is 6. The van der Waals surface area contributed by atoms with Crippen LogP contribution in [0.1, 0.15) is 129 Å². The second-order valence-electron chi connectivity index (χ2n) is 18.9. The number of carbonyl (C=O) groups excluding carboxylic acids is 7. The van der Waals surface area contributed by atoms with E-state index in [0.717, 1.165) is 7.11 Å². The van der Waals surface area contributed by atoms with Crippen molar-refractivity contribution in [3.63, 3.8) is 0 Å². The number of hydrogen-bond acceptors (Lipinski definition) is 17. The van der Waals surface area contributed by atoms with Crippen LogP contribution in [0.5, 0.6) is 0 Å². The number of aliphatic hydroxyl groups excluding tert-OH is 1.